The van der Waals surface area contributed by atoms with Gasteiger partial charge < -0.3 is 10.0 Å². The lowest BCUT2D eigenvalue weighted by molar-refractivity contribution is 0.0697. The number of thiazole rings is 1. The molecule has 2 aliphatic heterocycles. The third kappa shape index (κ3) is 2.91. The van der Waals surface area contributed by atoms with E-state index in [4.69, 9.17) is 0 Å². The highest BCUT2D eigenvalue weighted by Crippen LogP contribution is 2.43. The van der Waals surface area contributed by atoms with Crippen molar-refractivity contribution in [3.63, 3.8) is 0 Å². The van der Waals surface area contributed by atoms with Gasteiger partial charge >= 0.3 is 5.97 Å². The number of rotatable bonds is 2. The van der Waals surface area contributed by atoms with Gasteiger partial charge in [-0.3, -0.25) is 14.1 Å². The first-order chi connectivity index (χ1) is 12.0. The molecule has 2 aromatic heterocycles. The molecule has 2 aromatic rings. The molecule has 134 valence electrons. The summed E-state index contributed by atoms with van der Waals surface area (Å²) in [5.74, 6) is -0.570. The second-order valence-corrected chi connectivity index (χ2v) is 9.68. The Morgan fingerprint density at radius 1 is 1.28 bits per heavy atom. The Balaban J connectivity index is 1.79. The van der Waals surface area contributed by atoms with Crippen LogP contribution in [0.1, 0.15) is 21.6 Å². The molecule has 4 heterocycles. The highest BCUT2D eigenvalue weighted by Gasteiger charge is 2.33. The van der Waals surface area contributed by atoms with Gasteiger partial charge in [-0.2, -0.15) is 0 Å². The van der Waals surface area contributed by atoms with Gasteiger partial charge in [0.25, 0.3) is 0 Å². The smallest absolute Gasteiger partial charge is 0.342 e. The van der Waals surface area contributed by atoms with Gasteiger partial charge in [0.1, 0.15) is 15.1 Å². The molecule has 1 fully saturated rings. The summed E-state index contributed by atoms with van der Waals surface area (Å²) in [6.45, 7) is 6.10. The zero-order chi connectivity index (χ0) is 17.7. The van der Waals surface area contributed by atoms with Crippen LogP contribution in [0.4, 0.5) is 0 Å². The lowest BCUT2D eigenvalue weighted by atomic mass is 10.2. The van der Waals surface area contributed by atoms with Crippen LogP contribution in [0, 0.1) is 6.92 Å². The minimum absolute atomic E-state index is 0.0869. The van der Waals surface area contributed by atoms with Crippen molar-refractivity contribution >= 4 is 45.7 Å². The number of thioether (sulfide) groups is 2. The fraction of sp³-hybridized carbons (Fsp3) is 0.500. The number of fused-ring (bicyclic) bond motifs is 3. The van der Waals surface area contributed by atoms with E-state index in [0.29, 0.717) is 16.1 Å². The van der Waals surface area contributed by atoms with Crippen molar-refractivity contribution in [3.05, 3.63) is 32.4 Å². The predicted octanol–water partition coefficient (Wildman–Crippen LogP) is 2.24. The maximum Gasteiger partial charge on any atom is 0.342 e. The molecule has 4 rings (SSSR count). The van der Waals surface area contributed by atoms with E-state index in [1.165, 1.54) is 11.3 Å². The highest BCUT2D eigenvalue weighted by molar-refractivity contribution is 8.17. The van der Waals surface area contributed by atoms with Gasteiger partial charge in [0, 0.05) is 48.6 Å². The zero-order valence-corrected chi connectivity index (χ0v) is 16.5. The molecule has 1 saturated heterocycles. The second-order valence-electron chi connectivity index (χ2n) is 6.39. The zero-order valence-electron chi connectivity index (χ0n) is 14.0. The molecule has 1 atom stereocenters. The number of aryl methyl sites for hydroxylation is 1. The van der Waals surface area contributed by atoms with Crippen LogP contribution in [0.3, 0.4) is 0 Å². The van der Waals surface area contributed by atoms with Crippen LogP contribution in [-0.2, 0) is 5.75 Å². The van der Waals surface area contributed by atoms with Crippen molar-refractivity contribution in [1.82, 2.24) is 14.2 Å². The molecule has 6 nitrogen and oxygen atoms in total. The number of nitrogens with zero attached hydrogens (tertiary/aromatic N) is 3. The molecule has 0 aromatic carbocycles. The summed E-state index contributed by atoms with van der Waals surface area (Å²) in [4.78, 5) is 29.7. The molecule has 1 N–H and O–H groups in total. The molecule has 9 heteroatoms. The van der Waals surface area contributed by atoms with E-state index in [0.717, 1.165) is 36.9 Å². The molecule has 0 aliphatic carbocycles. The van der Waals surface area contributed by atoms with Gasteiger partial charge in [0.05, 0.1) is 5.03 Å². The Morgan fingerprint density at radius 2 is 2.00 bits per heavy atom. The average molecular weight is 398 g/mol. The number of aromatic nitrogens is 1. The summed E-state index contributed by atoms with van der Waals surface area (Å²) in [6.07, 6.45) is 0. The third-order valence-electron chi connectivity index (χ3n) is 4.71. The van der Waals surface area contributed by atoms with Gasteiger partial charge in [-0.1, -0.05) is 11.8 Å². The summed E-state index contributed by atoms with van der Waals surface area (Å²) >= 11 is 4.76. The molecular formula is C16H19N3O3S3. The number of carbonyl (C=O) groups is 1. The van der Waals surface area contributed by atoms with Crippen LogP contribution in [0.25, 0.3) is 4.83 Å². The van der Waals surface area contributed by atoms with Crippen LogP contribution >= 0.6 is 34.9 Å². The Bertz CT molecular complexity index is 899. The summed E-state index contributed by atoms with van der Waals surface area (Å²) in [5, 5.41) is 12.4. The van der Waals surface area contributed by atoms with Crippen molar-refractivity contribution in [2.75, 3.05) is 33.2 Å². The van der Waals surface area contributed by atoms with Crippen molar-refractivity contribution in [2.45, 2.75) is 22.4 Å². The fourth-order valence-electron chi connectivity index (χ4n) is 3.25. The normalized spacial score (nSPS) is 22.2. The lowest BCUT2D eigenvalue weighted by Crippen LogP contribution is -2.47. The van der Waals surface area contributed by atoms with E-state index >= 15 is 0 Å². The van der Waals surface area contributed by atoms with E-state index in [2.05, 4.69) is 16.8 Å². The van der Waals surface area contributed by atoms with Crippen LogP contribution in [0.2, 0.25) is 0 Å². The summed E-state index contributed by atoms with van der Waals surface area (Å²) in [7, 11) is 2.14. The molecule has 0 saturated carbocycles. The average Bonchev–Trinajstić information content (AvgIpc) is 2.96. The Labute approximate surface area is 157 Å². The number of piperazine rings is 1. The first kappa shape index (κ1) is 17.4. The Hall–Kier alpha value is -1.00. The maximum atomic E-state index is 12.8. The number of hydrogen-bond donors (Lipinski definition) is 1. The maximum absolute atomic E-state index is 12.8. The van der Waals surface area contributed by atoms with Gasteiger partial charge in [-0.15, -0.1) is 23.1 Å². The molecule has 0 bridgehead atoms. The van der Waals surface area contributed by atoms with Crippen LogP contribution < -0.4 is 5.43 Å². The molecule has 25 heavy (non-hydrogen) atoms. The highest BCUT2D eigenvalue weighted by atomic mass is 32.2. The molecule has 2 aliphatic rings. The van der Waals surface area contributed by atoms with Crippen LogP contribution in [0.15, 0.2) is 15.2 Å². The van der Waals surface area contributed by atoms with Crippen molar-refractivity contribution in [3.8, 4) is 0 Å². The topological polar surface area (TPSA) is 65.3 Å². The van der Waals surface area contributed by atoms with Gasteiger partial charge in [-0.05, 0) is 14.0 Å². The lowest BCUT2D eigenvalue weighted by Gasteiger charge is -2.39. The van der Waals surface area contributed by atoms with Crippen molar-refractivity contribution < 1.29 is 9.90 Å². The Kier molecular flexibility index (Phi) is 4.61. The molecule has 0 amide bonds. The van der Waals surface area contributed by atoms with Gasteiger partial charge in [-0.25, -0.2) is 4.79 Å². The minimum atomic E-state index is -1.14. The number of aromatic carboxylic acids is 1. The second kappa shape index (κ2) is 6.62. The van der Waals surface area contributed by atoms with Crippen molar-refractivity contribution in [2.24, 2.45) is 0 Å². The number of likely N-dealkylation sites (N-methyl/N-ethyl adjacent to an activating group) is 1. The monoisotopic (exact) mass is 397 g/mol. The first-order valence-electron chi connectivity index (χ1n) is 8.07. The number of pyridine rings is 1. The Morgan fingerprint density at radius 3 is 2.68 bits per heavy atom. The van der Waals surface area contributed by atoms with Gasteiger partial charge in [0.2, 0.25) is 5.43 Å². The largest absolute Gasteiger partial charge is 0.477 e. The molecule has 0 radical (unpaired) electrons. The number of carboxylic acids is 1. The summed E-state index contributed by atoms with van der Waals surface area (Å²) < 4.78 is 2.24. The van der Waals surface area contributed by atoms with E-state index in [1.807, 2.05) is 16.7 Å². The minimum Gasteiger partial charge on any atom is -0.477 e. The van der Waals surface area contributed by atoms with E-state index in [-0.39, 0.29) is 15.7 Å². The fourth-order valence-corrected chi connectivity index (χ4v) is 7.37. The SMILES string of the molecule is Cc1csc2c(C(=O)O)c(=O)c3c(n12)SC(N1CCN(C)CC1)SC3. The predicted molar refractivity (Wildman–Crippen MR) is 103 cm³/mol. The number of hydrogen-bond acceptors (Lipinski definition) is 7. The van der Waals surface area contributed by atoms with Crippen LogP contribution in [0.5, 0.6) is 0 Å². The quantitative estimate of drug-likeness (QED) is 0.834. The molecule has 1 unspecified atom stereocenters. The first-order valence-corrected chi connectivity index (χ1v) is 10.9. The van der Waals surface area contributed by atoms with E-state index < -0.39 is 5.97 Å². The summed E-state index contributed by atoms with van der Waals surface area (Å²) in [6, 6.07) is 0. The van der Waals surface area contributed by atoms with E-state index in [1.54, 1.807) is 23.5 Å². The molecule has 0 spiro atoms. The van der Waals surface area contributed by atoms with Crippen LogP contribution in [-0.4, -0.2) is 63.2 Å². The third-order valence-corrected chi connectivity index (χ3v) is 8.66. The van der Waals surface area contributed by atoms with Gasteiger partial charge in [0.15, 0.2) is 0 Å². The standard InChI is InChI=1S/C16H19N3O3S3/c1-9-7-23-14-11(15(21)22)12(20)10-8-24-16(25-13(10)19(9)14)18-5-3-17(2)4-6-18/h7,16H,3-6,8H2,1-2H3,(H,21,22). The molecular weight excluding hydrogens is 378 g/mol. The number of carboxylic acid groups (broad SMARTS) is 1. The van der Waals surface area contributed by atoms with Crippen molar-refractivity contribution in [1.29, 1.82) is 0 Å². The summed E-state index contributed by atoms with van der Waals surface area (Å²) in [5.41, 5.74) is 1.21. The van der Waals surface area contributed by atoms with E-state index in [9.17, 15) is 14.7 Å².